The van der Waals surface area contributed by atoms with Gasteiger partial charge in [-0.3, -0.25) is 0 Å². The third kappa shape index (κ3) is 2.44. The van der Waals surface area contributed by atoms with Gasteiger partial charge in [-0.15, -0.1) is 0 Å². The second kappa shape index (κ2) is 4.98. The quantitative estimate of drug-likeness (QED) is 0.620. The average molecular weight is 232 g/mol. The predicted molar refractivity (Wildman–Crippen MR) is 72.2 cm³/mol. The molecular weight excluding hydrogens is 212 g/mol. The summed E-state index contributed by atoms with van der Waals surface area (Å²) in [5.41, 5.74) is 5.00. The minimum absolute atomic E-state index is 0.190. The molecule has 1 aromatic rings. The number of rotatable bonds is 3. The van der Waals surface area contributed by atoms with Crippen molar-refractivity contribution in [3.8, 4) is 0 Å². The van der Waals surface area contributed by atoms with Crippen LogP contribution in [0.25, 0.3) is 0 Å². The van der Waals surface area contributed by atoms with Gasteiger partial charge < -0.3 is 5.11 Å². The Balaban J connectivity index is 2.03. The highest BCUT2D eigenvalue weighted by Gasteiger charge is 2.18. The third-order valence-electron chi connectivity index (χ3n) is 3.72. The van der Waals surface area contributed by atoms with Gasteiger partial charge in [0.1, 0.15) is 0 Å². The van der Waals surface area contributed by atoms with Crippen molar-refractivity contribution in [2.75, 3.05) is 6.61 Å². The minimum atomic E-state index is -0.190. The summed E-state index contributed by atoms with van der Waals surface area (Å²) in [6, 6.07) is 6.67. The fourth-order valence-electron chi connectivity index (χ4n) is 2.50. The van der Waals surface area contributed by atoms with E-state index >= 15 is 0 Å². The van der Waals surface area contributed by atoms with E-state index in [2.05, 4.69) is 38.1 Å². The average Bonchev–Trinajstić information content (AvgIpc) is 2.73. The summed E-state index contributed by atoms with van der Waals surface area (Å²) in [6.45, 7) is 4.70. The molecule has 0 heterocycles. The van der Waals surface area contributed by atoms with E-state index in [1.807, 2.05) is 0 Å². The van der Waals surface area contributed by atoms with Crippen LogP contribution in [0.15, 0.2) is 29.8 Å². The number of aliphatic hydroxyl groups is 1. The second-order valence-corrected chi connectivity index (χ2v) is 7.21. The predicted octanol–water partition coefficient (Wildman–Crippen LogP) is 1.60. The molecule has 1 atom stereocenters. The molecule has 0 radical (unpaired) electrons. The molecule has 2 rings (SSSR count). The summed E-state index contributed by atoms with van der Waals surface area (Å²) in [5.74, 6) is 0. The van der Waals surface area contributed by atoms with Gasteiger partial charge in [0.15, 0.2) is 0 Å². The molecule has 0 amide bonds. The largest absolute Gasteiger partial charge is 0.392 e. The molecule has 0 saturated heterocycles. The maximum Gasteiger partial charge on any atom is 0.0641 e. The van der Waals surface area contributed by atoms with Crippen LogP contribution in [0.3, 0.4) is 0 Å². The van der Waals surface area contributed by atoms with Crippen LogP contribution in [-0.4, -0.2) is 21.2 Å². The molecule has 1 nitrogen and oxygen atoms in total. The summed E-state index contributed by atoms with van der Waals surface area (Å²) in [5, 5.41) is 10.7. The summed E-state index contributed by atoms with van der Waals surface area (Å²) < 4.78 is 0. The monoisotopic (exact) mass is 232 g/mol. The molecule has 0 fully saturated rings. The van der Waals surface area contributed by atoms with Crippen molar-refractivity contribution in [1.29, 1.82) is 0 Å². The van der Waals surface area contributed by atoms with E-state index in [1.165, 1.54) is 23.1 Å². The van der Waals surface area contributed by atoms with Gasteiger partial charge >= 0.3 is 0 Å². The van der Waals surface area contributed by atoms with Gasteiger partial charge in [0.2, 0.25) is 0 Å². The van der Waals surface area contributed by atoms with Gasteiger partial charge in [0, 0.05) is 0 Å². The van der Waals surface area contributed by atoms with Crippen molar-refractivity contribution in [2.45, 2.75) is 32.2 Å². The second-order valence-electron chi connectivity index (χ2n) is 4.89. The van der Waals surface area contributed by atoms with E-state index in [-0.39, 0.29) is 16.1 Å². The number of aliphatic hydroxyl groups excluding tert-OH is 1. The molecule has 1 aliphatic carbocycles. The van der Waals surface area contributed by atoms with Crippen LogP contribution in [0.5, 0.6) is 0 Å². The van der Waals surface area contributed by atoms with Crippen molar-refractivity contribution in [3.05, 3.63) is 41.0 Å². The zero-order valence-corrected chi connectivity index (χ0v) is 11.6. The number of benzene rings is 1. The third-order valence-corrected chi connectivity index (χ3v) is 6.12. The van der Waals surface area contributed by atoms with Crippen LogP contribution in [0.2, 0.25) is 5.54 Å². The van der Waals surface area contributed by atoms with E-state index < -0.39 is 0 Å². The van der Waals surface area contributed by atoms with E-state index in [9.17, 15) is 0 Å². The first-order valence-electron chi connectivity index (χ1n) is 6.04. The molecule has 1 N–H and O–H groups in total. The fraction of sp³-hybridized carbons (Fsp3) is 0.429. The first kappa shape index (κ1) is 11.6. The van der Waals surface area contributed by atoms with Gasteiger partial charge in [0.25, 0.3) is 0 Å². The van der Waals surface area contributed by atoms with E-state index in [1.54, 1.807) is 5.19 Å². The molecule has 1 aliphatic rings. The Hall–Kier alpha value is -0.863. The number of aryl methyl sites for hydroxylation is 1. The zero-order valence-electron chi connectivity index (χ0n) is 10.2. The Morgan fingerprint density at radius 2 is 2.19 bits per heavy atom. The van der Waals surface area contributed by atoms with Gasteiger partial charge in [-0.25, -0.2) is 0 Å². The minimum Gasteiger partial charge on any atom is -0.392 e. The van der Waals surface area contributed by atoms with Crippen LogP contribution in [0.1, 0.15) is 24.0 Å². The van der Waals surface area contributed by atoms with Crippen LogP contribution in [0.4, 0.5) is 0 Å². The molecule has 0 bridgehead atoms. The Morgan fingerprint density at radius 1 is 1.38 bits per heavy atom. The molecule has 2 heteroatoms. The number of hydrogen-bond donors (Lipinski definition) is 1. The lowest BCUT2D eigenvalue weighted by Crippen LogP contribution is -2.22. The van der Waals surface area contributed by atoms with E-state index in [0.717, 1.165) is 12.0 Å². The van der Waals surface area contributed by atoms with Crippen LogP contribution in [0, 0.1) is 13.8 Å². The van der Waals surface area contributed by atoms with Crippen LogP contribution >= 0.6 is 0 Å². The van der Waals surface area contributed by atoms with Crippen molar-refractivity contribution >= 4 is 14.7 Å². The van der Waals surface area contributed by atoms with Crippen LogP contribution in [-0.2, 0) is 0 Å². The maximum atomic E-state index is 9.10. The smallest absolute Gasteiger partial charge is 0.0641 e. The first-order valence-corrected chi connectivity index (χ1v) is 7.57. The lowest BCUT2D eigenvalue weighted by molar-refractivity contribution is 0.328. The van der Waals surface area contributed by atoms with Crippen molar-refractivity contribution in [3.63, 3.8) is 0 Å². The Morgan fingerprint density at radius 3 is 2.88 bits per heavy atom. The normalized spacial score (nSPS) is 20.7. The van der Waals surface area contributed by atoms with Gasteiger partial charge in [0.05, 0.1) is 16.1 Å². The first-order chi connectivity index (χ1) is 7.70. The lowest BCUT2D eigenvalue weighted by atomic mass is 10.1. The molecule has 0 aromatic heterocycles. The summed E-state index contributed by atoms with van der Waals surface area (Å²) in [4.78, 5) is 0. The lowest BCUT2D eigenvalue weighted by Gasteiger charge is -2.13. The van der Waals surface area contributed by atoms with Gasteiger partial charge in [-0.2, -0.15) is 0 Å². The van der Waals surface area contributed by atoms with Crippen molar-refractivity contribution in [1.82, 2.24) is 0 Å². The van der Waals surface area contributed by atoms with Crippen molar-refractivity contribution in [2.24, 2.45) is 0 Å². The summed E-state index contributed by atoms with van der Waals surface area (Å²) in [6.07, 6.45) is 4.56. The highest BCUT2D eigenvalue weighted by molar-refractivity contribution is 6.55. The van der Waals surface area contributed by atoms with Gasteiger partial charge in [-0.05, 0) is 48.9 Å². The number of allylic oxidation sites excluding steroid dienone is 1. The Labute approximate surface area is 100 Å². The molecule has 0 aliphatic heterocycles. The topological polar surface area (TPSA) is 20.2 Å². The fourth-order valence-corrected chi connectivity index (χ4v) is 4.83. The molecule has 0 saturated carbocycles. The number of hydrogen-bond acceptors (Lipinski definition) is 1. The molecule has 16 heavy (non-hydrogen) atoms. The molecule has 0 spiro atoms. The van der Waals surface area contributed by atoms with E-state index in [4.69, 9.17) is 5.11 Å². The standard InChI is InChI=1S/C14H20OSi/c1-10-4-3-5-14(11(10)2)16-13-7-6-12(8-13)9-15/h3-6,13,15H,7-9,16H2,1-2H3. The van der Waals surface area contributed by atoms with Crippen molar-refractivity contribution < 1.29 is 5.11 Å². The highest BCUT2D eigenvalue weighted by Crippen LogP contribution is 2.28. The van der Waals surface area contributed by atoms with Crippen LogP contribution < -0.4 is 5.19 Å². The van der Waals surface area contributed by atoms with E-state index in [0.29, 0.717) is 0 Å². The Bertz CT molecular complexity index is 409. The maximum absolute atomic E-state index is 9.10. The highest BCUT2D eigenvalue weighted by atomic mass is 28.2. The molecule has 1 unspecified atom stereocenters. The molecule has 1 aromatic carbocycles. The summed E-state index contributed by atoms with van der Waals surface area (Å²) >= 11 is 0. The summed E-state index contributed by atoms with van der Waals surface area (Å²) in [7, 11) is -0.190. The zero-order chi connectivity index (χ0) is 11.5. The van der Waals surface area contributed by atoms with Gasteiger partial charge in [-0.1, -0.05) is 29.5 Å². The SMILES string of the molecule is Cc1cccc([SiH2]C2CC=C(CO)C2)c1C. The molecular formula is C14H20OSi. The Kier molecular flexibility index (Phi) is 3.61. The molecule has 86 valence electrons.